The Bertz CT molecular complexity index is 591. The lowest BCUT2D eigenvalue weighted by Crippen LogP contribution is -2.57. The highest BCUT2D eigenvalue weighted by Gasteiger charge is 2.47. The summed E-state index contributed by atoms with van der Waals surface area (Å²) in [6.07, 6.45) is 8.88. The van der Waals surface area contributed by atoms with Crippen LogP contribution in [0.2, 0.25) is 0 Å². The Kier molecular flexibility index (Phi) is 4.83. The van der Waals surface area contributed by atoms with Crippen molar-refractivity contribution in [1.29, 1.82) is 0 Å². The van der Waals surface area contributed by atoms with Crippen molar-refractivity contribution in [2.75, 3.05) is 7.05 Å². The Morgan fingerprint density at radius 2 is 1.68 bits per heavy atom. The molecule has 4 nitrogen and oxygen atoms in total. The lowest BCUT2D eigenvalue weighted by Gasteiger charge is -2.48. The van der Waals surface area contributed by atoms with E-state index in [4.69, 9.17) is 0 Å². The normalized spacial score (nSPS) is 35.5. The van der Waals surface area contributed by atoms with Crippen LogP contribution in [0.5, 0.6) is 0 Å². The number of aliphatic hydroxyl groups is 1. The molecule has 1 aliphatic carbocycles. The molecule has 25 heavy (non-hydrogen) atoms. The van der Waals surface area contributed by atoms with Gasteiger partial charge in [-0.05, 0) is 50.7 Å². The van der Waals surface area contributed by atoms with Crippen LogP contribution >= 0.6 is 0 Å². The van der Waals surface area contributed by atoms with Gasteiger partial charge in [-0.3, -0.25) is 9.69 Å². The minimum Gasteiger partial charge on any atom is -0.391 e. The fourth-order valence-electron chi connectivity index (χ4n) is 5.43. The summed E-state index contributed by atoms with van der Waals surface area (Å²) >= 11 is 0. The van der Waals surface area contributed by atoms with Gasteiger partial charge in [0.2, 0.25) is 0 Å². The number of hydrogen-bond acceptors (Lipinski definition) is 3. The highest BCUT2D eigenvalue weighted by atomic mass is 16.3. The van der Waals surface area contributed by atoms with Gasteiger partial charge in [-0.2, -0.15) is 0 Å². The quantitative estimate of drug-likeness (QED) is 0.918. The Labute approximate surface area is 150 Å². The fourth-order valence-corrected chi connectivity index (χ4v) is 5.43. The van der Waals surface area contributed by atoms with Crippen molar-refractivity contribution >= 4 is 5.91 Å². The molecule has 0 aromatic heterocycles. The number of fused-ring (bicyclic) bond motifs is 2. The van der Waals surface area contributed by atoms with Gasteiger partial charge in [0, 0.05) is 36.8 Å². The number of hydrogen-bond donors (Lipinski definition) is 1. The second kappa shape index (κ2) is 7.08. The maximum Gasteiger partial charge on any atom is 0.253 e. The summed E-state index contributed by atoms with van der Waals surface area (Å²) in [6, 6.07) is 11.4. The van der Waals surface area contributed by atoms with Crippen LogP contribution in [0.1, 0.15) is 61.7 Å². The number of amides is 1. The van der Waals surface area contributed by atoms with E-state index in [0.29, 0.717) is 24.2 Å². The number of benzene rings is 1. The number of carbonyl (C=O) groups excluding carboxylic acids is 1. The van der Waals surface area contributed by atoms with Crippen molar-refractivity contribution in [2.45, 2.75) is 81.6 Å². The third kappa shape index (κ3) is 3.22. The van der Waals surface area contributed by atoms with E-state index < -0.39 is 0 Å². The van der Waals surface area contributed by atoms with Gasteiger partial charge in [0.05, 0.1) is 6.10 Å². The van der Waals surface area contributed by atoms with E-state index in [1.807, 2.05) is 42.3 Å². The molecule has 0 spiro atoms. The van der Waals surface area contributed by atoms with E-state index in [2.05, 4.69) is 4.90 Å². The van der Waals surface area contributed by atoms with Crippen LogP contribution in [0.25, 0.3) is 0 Å². The molecule has 2 saturated heterocycles. The molecule has 4 rings (SSSR count). The van der Waals surface area contributed by atoms with Gasteiger partial charge in [-0.25, -0.2) is 0 Å². The van der Waals surface area contributed by atoms with Crippen LogP contribution in [0.4, 0.5) is 0 Å². The van der Waals surface area contributed by atoms with Crippen LogP contribution in [0.3, 0.4) is 0 Å². The van der Waals surface area contributed by atoms with Gasteiger partial charge >= 0.3 is 0 Å². The predicted octanol–water partition coefficient (Wildman–Crippen LogP) is 3.06. The van der Waals surface area contributed by atoms with Gasteiger partial charge in [0.25, 0.3) is 5.91 Å². The maximum atomic E-state index is 12.8. The minimum absolute atomic E-state index is 0.135. The van der Waals surface area contributed by atoms with E-state index in [0.717, 1.165) is 37.7 Å². The first kappa shape index (κ1) is 17.0. The van der Waals surface area contributed by atoms with Gasteiger partial charge in [0.1, 0.15) is 0 Å². The molecule has 0 radical (unpaired) electrons. The fraction of sp³-hybridized carbons (Fsp3) is 0.667. The topological polar surface area (TPSA) is 43.8 Å². The Morgan fingerprint density at radius 1 is 1.04 bits per heavy atom. The largest absolute Gasteiger partial charge is 0.391 e. The molecular formula is C21H30N2O2. The molecule has 3 fully saturated rings. The molecule has 2 bridgehead atoms. The molecule has 4 unspecified atom stereocenters. The standard InChI is InChI=1S/C21H30N2O2/c1-22(21(25)15-7-3-2-4-8-15)18-13-16-11-12-17(14-18)23(16)19-9-5-6-10-20(19)24/h2-4,7-8,16-20,24H,5-6,9-14H2,1H3. The number of nitrogens with zero attached hydrogens (tertiary/aromatic N) is 2. The molecule has 2 aliphatic heterocycles. The van der Waals surface area contributed by atoms with Crippen LogP contribution in [-0.2, 0) is 0 Å². The minimum atomic E-state index is -0.155. The highest BCUT2D eigenvalue weighted by molar-refractivity contribution is 5.94. The van der Waals surface area contributed by atoms with Crippen molar-refractivity contribution < 1.29 is 9.90 Å². The molecule has 1 aromatic rings. The van der Waals surface area contributed by atoms with E-state index >= 15 is 0 Å². The smallest absolute Gasteiger partial charge is 0.253 e. The molecule has 2 heterocycles. The first-order valence-electron chi connectivity index (χ1n) is 9.93. The average Bonchev–Trinajstić information content (AvgIpc) is 2.90. The maximum absolute atomic E-state index is 12.8. The number of aliphatic hydroxyl groups excluding tert-OH is 1. The number of rotatable bonds is 3. The van der Waals surface area contributed by atoms with Crippen molar-refractivity contribution in [1.82, 2.24) is 9.80 Å². The zero-order chi connectivity index (χ0) is 17.4. The second-order valence-corrected chi connectivity index (χ2v) is 8.16. The molecule has 1 aromatic carbocycles. The SMILES string of the molecule is CN(C(=O)c1ccccc1)C1CC2CCC(C1)N2C1CCCCC1O. The average molecular weight is 342 g/mol. The highest BCUT2D eigenvalue weighted by Crippen LogP contribution is 2.41. The summed E-state index contributed by atoms with van der Waals surface area (Å²) in [5.74, 6) is 0.135. The summed E-state index contributed by atoms with van der Waals surface area (Å²) in [5.41, 5.74) is 0.780. The van der Waals surface area contributed by atoms with Gasteiger partial charge in [-0.15, -0.1) is 0 Å². The third-order valence-corrected chi connectivity index (χ3v) is 6.73. The van der Waals surface area contributed by atoms with E-state index in [9.17, 15) is 9.90 Å². The molecule has 1 amide bonds. The van der Waals surface area contributed by atoms with Gasteiger partial charge in [0.15, 0.2) is 0 Å². The second-order valence-electron chi connectivity index (χ2n) is 8.16. The van der Waals surface area contributed by atoms with E-state index in [-0.39, 0.29) is 12.0 Å². The Balaban J connectivity index is 1.45. The lowest BCUT2D eigenvalue weighted by molar-refractivity contribution is -0.0334. The summed E-state index contributed by atoms with van der Waals surface area (Å²) in [5, 5.41) is 10.5. The van der Waals surface area contributed by atoms with Crippen molar-refractivity contribution in [3.05, 3.63) is 35.9 Å². The molecule has 136 valence electrons. The Hall–Kier alpha value is -1.39. The summed E-state index contributed by atoms with van der Waals surface area (Å²) in [6.45, 7) is 0. The van der Waals surface area contributed by atoms with Crippen molar-refractivity contribution in [3.63, 3.8) is 0 Å². The van der Waals surface area contributed by atoms with Gasteiger partial charge in [-0.1, -0.05) is 31.0 Å². The van der Waals surface area contributed by atoms with Crippen LogP contribution in [0.15, 0.2) is 30.3 Å². The molecule has 1 N–H and O–H groups in total. The van der Waals surface area contributed by atoms with Gasteiger partial charge < -0.3 is 10.0 Å². The predicted molar refractivity (Wildman–Crippen MR) is 98.5 cm³/mol. The summed E-state index contributed by atoms with van der Waals surface area (Å²) in [7, 11) is 1.96. The van der Waals surface area contributed by atoms with Crippen LogP contribution < -0.4 is 0 Å². The monoisotopic (exact) mass is 342 g/mol. The zero-order valence-corrected chi connectivity index (χ0v) is 15.2. The zero-order valence-electron chi connectivity index (χ0n) is 15.2. The van der Waals surface area contributed by atoms with Crippen LogP contribution in [-0.4, -0.2) is 58.1 Å². The first-order chi connectivity index (χ1) is 12.1. The molecular weight excluding hydrogens is 312 g/mol. The number of piperidine rings is 1. The van der Waals surface area contributed by atoms with E-state index in [1.54, 1.807) is 0 Å². The molecule has 3 aliphatic rings. The van der Waals surface area contributed by atoms with E-state index in [1.165, 1.54) is 19.3 Å². The lowest BCUT2D eigenvalue weighted by atomic mass is 9.86. The first-order valence-corrected chi connectivity index (χ1v) is 9.93. The van der Waals surface area contributed by atoms with Crippen LogP contribution in [0, 0.1) is 0 Å². The third-order valence-electron chi connectivity index (χ3n) is 6.73. The van der Waals surface area contributed by atoms with Crippen molar-refractivity contribution in [2.24, 2.45) is 0 Å². The molecule has 4 atom stereocenters. The van der Waals surface area contributed by atoms with Crippen molar-refractivity contribution in [3.8, 4) is 0 Å². The summed E-state index contributed by atoms with van der Waals surface area (Å²) in [4.78, 5) is 17.4. The Morgan fingerprint density at radius 3 is 2.32 bits per heavy atom. The number of carbonyl (C=O) groups is 1. The molecule has 4 heteroatoms. The molecule has 1 saturated carbocycles. The summed E-state index contributed by atoms with van der Waals surface area (Å²) < 4.78 is 0.